The molecule has 138 valence electrons. The molecule has 0 aliphatic carbocycles. The van der Waals surface area contributed by atoms with E-state index in [0.29, 0.717) is 17.5 Å². The Kier molecular flexibility index (Phi) is 7.21. The van der Waals surface area contributed by atoms with Crippen LogP contribution in [-0.4, -0.2) is 22.1 Å². The van der Waals surface area contributed by atoms with Crippen LogP contribution in [0.15, 0.2) is 48.5 Å². The maximum atomic E-state index is 12.5. The van der Waals surface area contributed by atoms with Gasteiger partial charge in [-0.1, -0.05) is 50.8 Å². The van der Waals surface area contributed by atoms with Gasteiger partial charge in [0.15, 0.2) is 0 Å². The van der Waals surface area contributed by atoms with Crippen molar-refractivity contribution < 1.29 is 19.8 Å². The van der Waals surface area contributed by atoms with E-state index in [1.54, 1.807) is 24.3 Å². The smallest absolute Gasteiger partial charge is 0.335 e. The molecule has 2 aromatic carbocycles. The van der Waals surface area contributed by atoms with E-state index in [1.165, 1.54) is 18.2 Å². The number of amides is 1. The topological polar surface area (TPSA) is 86.6 Å². The lowest BCUT2D eigenvalue weighted by Crippen LogP contribution is -2.28. The molecule has 0 saturated carbocycles. The van der Waals surface area contributed by atoms with Crippen LogP contribution >= 0.6 is 0 Å². The number of unbranched alkanes of at least 4 members (excludes halogenated alkanes) is 3. The van der Waals surface area contributed by atoms with Gasteiger partial charge >= 0.3 is 5.97 Å². The summed E-state index contributed by atoms with van der Waals surface area (Å²) in [6.07, 6.45) is 4.85. The first-order valence-electron chi connectivity index (χ1n) is 8.94. The lowest BCUT2D eigenvalue weighted by Gasteiger charge is -2.20. The summed E-state index contributed by atoms with van der Waals surface area (Å²) in [6, 6.07) is 12.8. The van der Waals surface area contributed by atoms with Crippen LogP contribution in [0.5, 0.6) is 5.75 Å². The fourth-order valence-electron chi connectivity index (χ4n) is 2.89. The van der Waals surface area contributed by atoms with Crippen LogP contribution in [0.25, 0.3) is 0 Å². The normalized spacial score (nSPS) is 11.7. The number of aromatic hydroxyl groups is 1. The van der Waals surface area contributed by atoms with Crippen molar-refractivity contribution >= 4 is 11.9 Å². The van der Waals surface area contributed by atoms with Crippen LogP contribution in [0, 0.1) is 0 Å². The highest BCUT2D eigenvalue weighted by Crippen LogP contribution is 2.26. The monoisotopic (exact) mass is 355 g/mol. The Morgan fingerprint density at radius 2 is 1.73 bits per heavy atom. The molecule has 0 radical (unpaired) electrons. The van der Waals surface area contributed by atoms with Gasteiger partial charge in [0.1, 0.15) is 5.75 Å². The van der Waals surface area contributed by atoms with Crippen molar-refractivity contribution in [1.82, 2.24) is 5.32 Å². The van der Waals surface area contributed by atoms with E-state index in [9.17, 15) is 19.8 Å². The number of rotatable bonds is 9. The minimum Gasteiger partial charge on any atom is -0.508 e. The van der Waals surface area contributed by atoms with Gasteiger partial charge < -0.3 is 15.5 Å². The zero-order valence-electron chi connectivity index (χ0n) is 14.9. The van der Waals surface area contributed by atoms with Gasteiger partial charge in [0, 0.05) is 5.56 Å². The number of nitrogens with one attached hydrogen (secondary N) is 1. The molecule has 1 amide bonds. The Morgan fingerprint density at radius 3 is 2.38 bits per heavy atom. The van der Waals surface area contributed by atoms with E-state index < -0.39 is 5.97 Å². The molecular weight excluding hydrogens is 330 g/mol. The highest BCUT2D eigenvalue weighted by molar-refractivity contribution is 5.94. The first-order valence-corrected chi connectivity index (χ1v) is 8.94. The summed E-state index contributed by atoms with van der Waals surface area (Å²) in [5.74, 6) is -1.44. The number of phenols is 1. The quantitative estimate of drug-likeness (QED) is 0.577. The number of hydrogen-bond donors (Lipinski definition) is 3. The first kappa shape index (κ1) is 19.5. The molecule has 2 aromatic rings. The molecular formula is C21H25NO4. The second-order valence-corrected chi connectivity index (χ2v) is 6.36. The lowest BCUT2D eigenvalue weighted by molar-refractivity contribution is 0.0696. The fourth-order valence-corrected chi connectivity index (χ4v) is 2.89. The maximum Gasteiger partial charge on any atom is 0.335 e. The summed E-state index contributed by atoms with van der Waals surface area (Å²) in [4.78, 5) is 23.8. The number of phenolic OH excluding ortho intramolecular Hbond substituents is 1. The summed E-state index contributed by atoms with van der Waals surface area (Å²) in [5, 5.41) is 22.1. The van der Waals surface area contributed by atoms with E-state index >= 15 is 0 Å². The lowest BCUT2D eigenvalue weighted by atomic mass is 9.97. The molecule has 0 spiro atoms. The first-order chi connectivity index (χ1) is 12.5. The van der Waals surface area contributed by atoms with Crippen molar-refractivity contribution in [3.05, 3.63) is 65.2 Å². The molecule has 1 unspecified atom stereocenters. The van der Waals surface area contributed by atoms with Gasteiger partial charge in [-0.25, -0.2) is 4.79 Å². The summed E-state index contributed by atoms with van der Waals surface area (Å²) in [5.41, 5.74) is 1.15. The molecule has 0 aliphatic rings. The Hall–Kier alpha value is -2.82. The number of aromatic carboxylic acids is 1. The maximum absolute atomic E-state index is 12.5. The van der Waals surface area contributed by atoms with Crippen molar-refractivity contribution in [3.8, 4) is 5.75 Å². The second-order valence-electron chi connectivity index (χ2n) is 6.36. The molecule has 0 aliphatic heterocycles. The zero-order valence-corrected chi connectivity index (χ0v) is 14.9. The molecule has 0 fully saturated rings. The SMILES string of the molecule is CCCCCCC(NC(=O)c1ccccc1)c1cc(O)cc(C(=O)O)c1. The van der Waals surface area contributed by atoms with E-state index in [-0.39, 0.29) is 23.3 Å². The molecule has 5 nitrogen and oxygen atoms in total. The van der Waals surface area contributed by atoms with Gasteiger partial charge in [-0.3, -0.25) is 4.79 Å². The molecule has 3 N–H and O–H groups in total. The molecule has 26 heavy (non-hydrogen) atoms. The Morgan fingerprint density at radius 1 is 1.00 bits per heavy atom. The average Bonchev–Trinajstić information content (AvgIpc) is 2.64. The van der Waals surface area contributed by atoms with Crippen LogP contribution in [-0.2, 0) is 0 Å². The number of carboxylic acid groups (broad SMARTS) is 1. The molecule has 0 aromatic heterocycles. The van der Waals surface area contributed by atoms with Crippen LogP contribution < -0.4 is 5.32 Å². The highest BCUT2D eigenvalue weighted by Gasteiger charge is 2.18. The molecule has 5 heteroatoms. The van der Waals surface area contributed by atoms with Crippen molar-refractivity contribution in [2.75, 3.05) is 0 Å². The van der Waals surface area contributed by atoms with Crippen molar-refractivity contribution in [2.24, 2.45) is 0 Å². The third-order valence-electron chi connectivity index (χ3n) is 4.28. The zero-order chi connectivity index (χ0) is 18.9. The number of carboxylic acids is 1. The van der Waals surface area contributed by atoms with Crippen LogP contribution in [0.1, 0.15) is 71.3 Å². The van der Waals surface area contributed by atoms with E-state index in [0.717, 1.165) is 25.7 Å². The second kappa shape index (κ2) is 9.61. The highest BCUT2D eigenvalue weighted by atomic mass is 16.4. The van der Waals surface area contributed by atoms with E-state index in [2.05, 4.69) is 12.2 Å². The van der Waals surface area contributed by atoms with E-state index in [1.807, 2.05) is 6.07 Å². The van der Waals surface area contributed by atoms with Crippen molar-refractivity contribution in [2.45, 2.75) is 45.1 Å². The molecule has 2 rings (SSSR count). The Labute approximate surface area is 153 Å². The summed E-state index contributed by atoms with van der Waals surface area (Å²) in [6.45, 7) is 2.13. The standard InChI is InChI=1S/C21H25NO4/c1-2-3-4-8-11-19(22-20(24)15-9-6-5-7-10-15)16-12-17(21(25)26)14-18(23)13-16/h5-7,9-10,12-14,19,23H,2-4,8,11H2,1H3,(H,22,24)(H,25,26). The Bertz CT molecular complexity index is 743. The predicted octanol–water partition coefficient (Wildman–Crippen LogP) is 4.53. The van der Waals surface area contributed by atoms with Gasteiger partial charge in [-0.2, -0.15) is 0 Å². The Balaban J connectivity index is 2.23. The summed E-state index contributed by atoms with van der Waals surface area (Å²) < 4.78 is 0. The third-order valence-corrected chi connectivity index (χ3v) is 4.28. The number of hydrogen-bond acceptors (Lipinski definition) is 3. The molecule has 0 saturated heterocycles. The van der Waals surface area contributed by atoms with Crippen LogP contribution in [0.3, 0.4) is 0 Å². The number of carbonyl (C=O) groups excluding carboxylic acids is 1. The predicted molar refractivity (Wildman–Crippen MR) is 100 cm³/mol. The van der Waals surface area contributed by atoms with Crippen molar-refractivity contribution in [3.63, 3.8) is 0 Å². The van der Waals surface area contributed by atoms with E-state index in [4.69, 9.17) is 0 Å². The van der Waals surface area contributed by atoms with Crippen molar-refractivity contribution in [1.29, 1.82) is 0 Å². The number of carbonyl (C=O) groups is 2. The largest absolute Gasteiger partial charge is 0.508 e. The molecule has 1 atom stereocenters. The summed E-state index contributed by atoms with van der Waals surface area (Å²) in [7, 11) is 0. The van der Waals surface area contributed by atoms with Crippen LogP contribution in [0.4, 0.5) is 0 Å². The van der Waals surface area contributed by atoms with Gasteiger partial charge in [0.05, 0.1) is 11.6 Å². The van der Waals surface area contributed by atoms with Gasteiger partial charge in [0.25, 0.3) is 5.91 Å². The third kappa shape index (κ3) is 5.62. The minimum absolute atomic E-state index is 0.00696. The fraction of sp³-hybridized carbons (Fsp3) is 0.333. The average molecular weight is 355 g/mol. The van der Waals surface area contributed by atoms with Crippen LogP contribution in [0.2, 0.25) is 0 Å². The van der Waals surface area contributed by atoms with Gasteiger partial charge in [0.2, 0.25) is 0 Å². The minimum atomic E-state index is -1.11. The summed E-state index contributed by atoms with van der Waals surface area (Å²) >= 11 is 0. The molecule has 0 heterocycles. The molecule has 0 bridgehead atoms. The number of benzene rings is 2. The van der Waals surface area contributed by atoms with Gasteiger partial charge in [-0.15, -0.1) is 0 Å². The van der Waals surface area contributed by atoms with Gasteiger partial charge in [-0.05, 0) is 42.3 Å².